The van der Waals surface area contributed by atoms with Gasteiger partial charge in [-0.3, -0.25) is 10.1 Å². The van der Waals surface area contributed by atoms with Crippen molar-refractivity contribution in [2.24, 2.45) is 0 Å². The smallest absolute Gasteiger partial charge is 0.242 e. The maximum atomic E-state index is 11.1. The first-order valence-corrected chi connectivity index (χ1v) is 9.98. The van der Waals surface area contributed by atoms with Gasteiger partial charge in [-0.2, -0.15) is 0 Å². The Labute approximate surface area is 163 Å². The average molecular weight is 378 g/mol. The molecule has 27 heavy (non-hydrogen) atoms. The number of aliphatic hydroxyl groups is 1. The first kappa shape index (κ1) is 25.0. The number of nitrogens with zero attached hydrogens (tertiary/aromatic N) is 1. The first-order chi connectivity index (χ1) is 13.1. The average Bonchev–Trinajstić information content (AvgIpc) is 2.65. The molecular formula is C22H35NO4. The van der Waals surface area contributed by atoms with Crippen LogP contribution in [0.1, 0.15) is 71.1 Å². The van der Waals surface area contributed by atoms with Crippen LogP contribution in [0.25, 0.3) is 0 Å². The van der Waals surface area contributed by atoms with Crippen LogP contribution in [0, 0.1) is 10.1 Å². The topological polar surface area (TPSA) is 80.4 Å². The van der Waals surface area contributed by atoms with E-state index >= 15 is 0 Å². The molecule has 0 saturated heterocycles. The highest BCUT2D eigenvalue weighted by atomic mass is 16.6. The van der Waals surface area contributed by atoms with Crippen LogP contribution < -0.4 is 0 Å². The standard InChI is InChI=1S/C22H35NO4/c1-2-3-4-5-6-7-8-9-10-11-12-15-18-21(23(26)27)22(25)19-16-13-14-17-20-24/h6-7,9-10,12-13,15-16,20-22,25H,2-5,8,11,14,17-19H2,1H3/b7-6-,10-9-,15-12-,16-13-. The summed E-state index contributed by atoms with van der Waals surface area (Å²) >= 11 is 0. The highest BCUT2D eigenvalue weighted by Crippen LogP contribution is 2.10. The molecule has 1 N–H and O–H groups in total. The van der Waals surface area contributed by atoms with Gasteiger partial charge >= 0.3 is 0 Å². The number of aliphatic hydroxyl groups excluding tert-OH is 1. The largest absolute Gasteiger partial charge is 0.386 e. The Kier molecular flexibility index (Phi) is 17.4. The van der Waals surface area contributed by atoms with Crippen LogP contribution in [0.2, 0.25) is 0 Å². The molecule has 0 saturated carbocycles. The van der Waals surface area contributed by atoms with E-state index in [4.69, 9.17) is 0 Å². The van der Waals surface area contributed by atoms with E-state index in [1.54, 1.807) is 18.2 Å². The lowest BCUT2D eigenvalue weighted by molar-refractivity contribution is -0.533. The molecule has 0 amide bonds. The summed E-state index contributed by atoms with van der Waals surface area (Å²) in [5.74, 6) is 0. The van der Waals surface area contributed by atoms with Gasteiger partial charge in [0.05, 0.1) is 0 Å². The van der Waals surface area contributed by atoms with Crippen molar-refractivity contribution in [3.8, 4) is 0 Å². The molecule has 0 aromatic carbocycles. The van der Waals surface area contributed by atoms with Gasteiger partial charge in [-0.15, -0.1) is 0 Å². The van der Waals surface area contributed by atoms with E-state index < -0.39 is 17.1 Å². The van der Waals surface area contributed by atoms with Crippen molar-refractivity contribution in [1.82, 2.24) is 0 Å². The van der Waals surface area contributed by atoms with Crippen molar-refractivity contribution >= 4 is 6.29 Å². The number of hydrogen-bond acceptors (Lipinski definition) is 4. The van der Waals surface area contributed by atoms with Crippen molar-refractivity contribution < 1.29 is 14.8 Å². The predicted octanol–water partition coefficient (Wildman–Crippen LogP) is 5.34. The summed E-state index contributed by atoms with van der Waals surface area (Å²) in [6.45, 7) is 2.20. The highest BCUT2D eigenvalue weighted by molar-refractivity contribution is 5.49. The van der Waals surface area contributed by atoms with Gasteiger partial charge in [-0.1, -0.05) is 68.4 Å². The zero-order valence-electron chi connectivity index (χ0n) is 16.5. The van der Waals surface area contributed by atoms with Crippen molar-refractivity contribution in [2.45, 2.75) is 83.3 Å². The molecular weight excluding hydrogens is 342 g/mol. The Morgan fingerprint density at radius 1 is 0.852 bits per heavy atom. The summed E-state index contributed by atoms with van der Waals surface area (Å²) in [6.07, 6.45) is 23.4. The van der Waals surface area contributed by atoms with E-state index in [1.807, 2.05) is 12.2 Å². The van der Waals surface area contributed by atoms with E-state index in [2.05, 4.69) is 25.2 Å². The van der Waals surface area contributed by atoms with Crippen LogP contribution in [0.4, 0.5) is 0 Å². The molecule has 0 aromatic heterocycles. The zero-order chi connectivity index (χ0) is 20.2. The summed E-state index contributed by atoms with van der Waals surface area (Å²) in [4.78, 5) is 20.9. The molecule has 0 spiro atoms. The fourth-order valence-electron chi connectivity index (χ4n) is 2.47. The fourth-order valence-corrected chi connectivity index (χ4v) is 2.47. The van der Waals surface area contributed by atoms with E-state index in [0.29, 0.717) is 12.8 Å². The van der Waals surface area contributed by atoms with Gasteiger partial charge in [-0.05, 0) is 38.5 Å². The number of carbonyl (C=O) groups is 1. The summed E-state index contributed by atoms with van der Waals surface area (Å²) in [5, 5.41) is 21.1. The Hall–Kier alpha value is -2.01. The molecule has 152 valence electrons. The van der Waals surface area contributed by atoms with Crippen molar-refractivity contribution in [3.05, 3.63) is 58.7 Å². The second-order valence-corrected chi connectivity index (χ2v) is 6.49. The van der Waals surface area contributed by atoms with Gasteiger partial charge in [-0.25, -0.2) is 0 Å². The number of carbonyl (C=O) groups excluding carboxylic acids is 1. The van der Waals surface area contributed by atoms with Gasteiger partial charge in [0.25, 0.3) is 0 Å². The molecule has 0 aliphatic rings. The van der Waals surface area contributed by atoms with E-state index in [9.17, 15) is 20.0 Å². The highest BCUT2D eigenvalue weighted by Gasteiger charge is 2.27. The third-order valence-electron chi connectivity index (χ3n) is 4.11. The van der Waals surface area contributed by atoms with Gasteiger partial charge in [0, 0.05) is 17.8 Å². The molecule has 0 aliphatic carbocycles. The number of rotatable bonds is 17. The molecule has 0 rings (SSSR count). The van der Waals surface area contributed by atoms with Crippen LogP contribution in [0.15, 0.2) is 48.6 Å². The van der Waals surface area contributed by atoms with E-state index in [1.165, 1.54) is 19.3 Å². The predicted molar refractivity (Wildman–Crippen MR) is 111 cm³/mol. The normalized spacial score (nSPS) is 14.6. The molecule has 5 nitrogen and oxygen atoms in total. The minimum absolute atomic E-state index is 0.210. The maximum Gasteiger partial charge on any atom is 0.242 e. The number of aldehydes is 1. The molecule has 0 fully saturated rings. The summed E-state index contributed by atoms with van der Waals surface area (Å²) < 4.78 is 0. The SMILES string of the molecule is CCCCC/C=C\C/C=C\C/C=C\CC(C(O)C/C=C\CCC=O)[N+](=O)[O-]. The fraction of sp³-hybridized carbons (Fsp3) is 0.591. The van der Waals surface area contributed by atoms with Gasteiger partial charge < -0.3 is 9.90 Å². The minimum atomic E-state index is -1.02. The lowest BCUT2D eigenvalue weighted by Crippen LogP contribution is -2.32. The first-order valence-electron chi connectivity index (χ1n) is 9.98. The lowest BCUT2D eigenvalue weighted by Gasteiger charge is -2.12. The summed E-state index contributed by atoms with van der Waals surface area (Å²) in [6, 6.07) is -1.01. The molecule has 2 unspecified atom stereocenters. The molecule has 0 bridgehead atoms. The van der Waals surface area contributed by atoms with E-state index in [0.717, 1.165) is 25.5 Å². The number of unbranched alkanes of at least 4 members (excludes halogenated alkanes) is 4. The third kappa shape index (κ3) is 15.9. The van der Waals surface area contributed by atoms with E-state index in [-0.39, 0.29) is 12.8 Å². The Morgan fingerprint density at radius 2 is 1.44 bits per heavy atom. The molecule has 2 atom stereocenters. The van der Waals surface area contributed by atoms with Crippen molar-refractivity contribution in [3.63, 3.8) is 0 Å². The Morgan fingerprint density at radius 3 is 2.07 bits per heavy atom. The van der Waals surface area contributed by atoms with Crippen molar-refractivity contribution in [2.75, 3.05) is 0 Å². The molecule has 0 aliphatic heterocycles. The van der Waals surface area contributed by atoms with Crippen LogP contribution >= 0.6 is 0 Å². The molecule has 0 heterocycles. The Balaban J connectivity index is 4.05. The summed E-state index contributed by atoms with van der Waals surface area (Å²) in [7, 11) is 0. The minimum Gasteiger partial charge on any atom is -0.386 e. The quantitative estimate of drug-likeness (QED) is 0.122. The number of hydrogen-bond donors (Lipinski definition) is 1. The zero-order valence-corrected chi connectivity index (χ0v) is 16.5. The van der Waals surface area contributed by atoms with Crippen LogP contribution in [0.5, 0.6) is 0 Å². The van der Waals surface area contributed by atoms with Gasteiger partial charge in [0.2, 0.25) is 6.04 Å². The van der Waals surface area contributed by atoms with Crippen molar-refractivity contribution in [1.29, 1.82) is 0 Å². The van der Waals surface area contributed by atoms with Gasteiger partial charge in [0.1, 0.15) is 12.4 Å². The molecule has 0 radical (unpaired) electrons. The molecule has 0 aromatic rings. The molecule has 5 heteroatoms. The number of nitro groups is 1. The second kappa shape index (κ2) is 18.8. The summed E-state index contributed by atoms with van der Waals surface area (Å²) in [5.41, 5.74) is 0. The van der Waals surface area contributed by atoms with Crippen LogP contribution in [0.3, 0.4) is 0 Å². The third-order valence-corrected chi connectivity index (χ3v) is 4.11. The number of allylic oxidation sites excluding steroid dienone is 6. The van der Waals surface area contributed by atoms with Crippen LogP contribution in [-0.2, 0) is 4.79 Å². The van der Waals surface area contributed by atoms with Crippen LogP contribution in [-0.4, -0.2) is 28.5 Å². The van der Waals surface area contributed by atoms with Gasteiger partial charge in [0.15, 0.2) is 0 Å². The maximum absolute atomic E-state index is 11.1. The Bertz CT molecular complexity index is 495. The lowest BCUT2D eigenvalue weighted by atomic mass is 10.0. The second-order valence-electron chi connectivity index (χ2n) is 6.49. The monoisotopic (exact) mass is 377 g/mol.